The van der Waals surface area contributed by atoms with Gasteiger partial charge in [-0.15, -0.1) is 11.6 Å². The maximum Gasteiger partial charge on any atom is 0.147 e. The van der Waals surface area contributed by atoms with Gasteiger partial charge in [0.25, 0.3) is 0 Å². The Labute approximate surface area is 141 Å². The molecule has 1 aromatic heterocycles. The Bertz CT molecular complexity index is 625. The van der Waals surface area contributed by atoms with Crippen LogP contribution in [0.3, 0.4) is 0 Å². The van der Waals surface area contributed by atoms with Gasteiger partial charge in [0, 0.05) is 17.3 Å². The predicted molar refractivity (Wildman–Crippen MR) is 99.4 cm³/mol. The third-order valence-electron chi connectivity index (χ3n) is 4.48. The largest absolute Gasteiger partial charge is 0.460 e. The topological polar surface area (TPSA) is 13.1 Å². The number of benzene rings is 1. The number of hydrogen-bond acceptors (Lipinski definition) is 1. The monoisotopic (exact) mass is 420 g/mol. The first kappa shape index (κ1) is 16.4. The molecular weight excluding hydrogens is 399 g/mol. The van der Waals surface area contributed by atoms with Crippen molar-refractivity contribution in [1.82, 2.24) is 0 Å². The van der Waals surface area contributed by atoms with E-state index in [2.05, 4.69) is 74.7 Å². The number of hydrogen-bond donors (Lipinski definition) is 0. The zero-order valence-corrected chi connectivity index (χ0v) is 16.7. The molecule has 0 spiro atoms. The molecule has 2 aromatic rings. The second-order valence-corrected chi connectivity index (χ2v) is 14.2. The van der Waals surface area contributed by atoms with Crippen LogP contribution in [0.2, 0.25) is 18.1 Å². The zero-order valence-electron chi connectivity index (χ0n) is 12.8. The lowest BCUT2D eigenvalue weighted by atomic mass is 10.2. The van der Waals surface area contributed by atoms with Crippen LogP contribution >= 0.6 is 34.2 Å². The minimum absolute atomic E-state index is 0.375. The summed E-state index contributed by atoms with van der Waals surface area (Å²) in [6.45, 7) is 11.9. The Balaban J connectivity index is 2.40. The molecule has 0 saturated carbocycles. The van der Waals surface area contributed by atoms with Gasteiger partial charge >= 0.3 is 0 Å². The van der Waals surface area contributed by atoms with Crippen LogP contribution in [-0.4, -0.2) is 8.07 Å². The predicted octanol–water partition coefficient (Wildman–Crippen LogP) is 6.37. The first-order chi connectivity index (χ1) is 9.14. The molecule has 0 aliphatic carbocycles. The molecule has 0 aliphatic heterocycles. The van der Waals surface area contributed by atoms with Gasteiger partial charge in [-0.25, -0.2) is 0 Å². The first-order valence-corrected chi connectivity index (χ1v) is 11.7. The molecule has 0 atom stereocenters. The minimum Gasteiger partial charge on any atom is -0.460 e. The first-order valence-electron chi connectivity index (χ1n) is 6.91. The number of rotatable bonds is 3. The smallest absolute Gasteiger partial charge is 0.147 e. The standard InChI is InChI=1S/C16H22ClIOSi/c1-16(2,3)20(4,5)10-13-8-12-6-11(9-17)7-14(18)15(12)19-13/h6-8H,9-10H2,1-5H3. The van der Waals surface area contributed by atoms with E-state index in [4.69, 9.17) is 16.0 Å². The van der Waals surface area contributed by atoms with Gasteiger partial charge in [0.05, 0.1) is 11.6 Å². The van der Waals surface area contributed by atoms with Crippen molar-refractivity contribution < 1.29 is 4.42 Å². The van der Waals surface area contributed by atoms with E-state index in [0.717, 1.165) is 26.5 Å². The molecule has 0 bridgehead atoms. The van der Waals surface area contributed by atoms with E-state index in [-0.39, 0.29) is 0 Å². The van der Waals surface area contributed by atoms with Crippen LogP contribution in [0.25, 0.3) is 11.0 Å². The molecule has 0 radical (unpaired) electrons. The summed E-state index contributed by atoms with van der Waals surface area (Å²) in [6.07, 6.45) is 0. The van der Waals surface area contributed by atoms with Gasteiger partial charge in [-0.2, -0.15) is 0 Å². The Hall–Kier alpha value is -0.00312. The van der Waals surface area contributed by atoms with Crippen molar-refractivity contribution in [2.75, 3.05) is 0 Å². The lowest BCUT2D eigenvalue weighted by Gasteiger charge is -2.36. The quantitative estimate of drug-likeness (QED) is 0.319. The Morgan fingerprint density at radius 3 is 2.40 bits per heavy atom. The number of alkyl halides is 1. The minimum atomic E-state index is -1.37. The van der Waals surface area contributed by atoms with Crippen LogP contribution in [-0.2, 0) is 11.9 Å². The normalized spacial score (nSPS) is 13.2. The van der Waals surface area contributed by atoms with Gasteiger partial charge < -0.3 is 4.42 Å². The highest BCUT2D eigenvalue weighted by Gasteiger charge is 2.36. The van der Waals surface area contributed by atoms with Crippen LogP contribution in [0.1, 0.15) is 32.1 Å². The van der Waals surface area contributed by atoms with E-state index < -0.39 is 8.07 Å². The number of furan rings is 1. The van der Waals surface area contributed by atoms with Crippen molar-refractivity contribution in [3.05, 3.63) is 33.1 Å². The van der Waals surface area contributed by atoms with Crippen LogP contribution < -0.4 is 0 Å². The molecule has 1 aromatic carbocycles. The maximum atomic E-state index is 6.11. The van der Waals surface area contributed by atoms with Gasteiger partial charge in [0.1, 0.15) is 11.3 Å². The summed E-state index contributed by atoms with van der Waals surface area (Å²) in [7, 11) is -1.37. The van der Waals surface area contributed by atoms with Crippen LogP contribution in [0.4, 0.5) is 0 Å². The summed E-state index contributed by atoms with van der Waals surface area (Å²) < 4.78 is 7.26. The summed E-state index contributed by atoms with van der Waals surface area (Å²) in [6, 6.07) is 7.53. The molecule has 0 fully saturated rings. The fraction of sp³-hybridized carbons (Fsp3) is 0.500. The lowest BCUT2D eigenvalue weighted by Crippen LogP contribution is -2.39. The van der Waals surface area contributed by atoms with Gasteiger partial charge in [0.2, 0.25) is 0 Å². The molecule has 20 heavy (non-hydrogen) atoms. The summed E-state index contributed by atoms with van der Waals surface area (Å²) in [4.78, 5) is 0. The third kappa shape index (κ3) is 3.25. The lowest BCUT2D eigenvalue weighted by molar-refractivity contribution is 0.562. The van der Waals surface area contributed by atoms with Crippen molar-refractivity contribution in [3.8, 4) is 0 Å². The van der Waals surface area contributed by atoms with E-state index in [9.17, 15) is 0 Å². The van der Waals surface area contributed by atoms with E-state index >= 15 is 0 Å². The average Bonchev–Trinajstić information content (AvgIpc) is 2.69. The molecule has 110 valence electrons. The second kappa shape index (κ2) is 5.65. The highest BCUT2D eigenvalue weighted by molar-refractivity contribution is 14.1. The van der Waals surface area contributed by atoms with Gasteiger partial charge in [0.15, 0.2) is 0 Å². The molecule has 0 aliphatic rings. The fourth-order valence-corrected chi connectivity index (χ4v) is 4.64. The highest BCUT2D eigenvalue weighted by atomic mass is 127. The average molecular weight is 421 g/mol. The maximum absolute atomic E-state index is 6.11. The van der Waals surface area contributed by atoms with E-state index in [1.54, 1.807) is 0 Å². The van der Waals surface area contributed by atoms with Crippen LogP contribution in [0.5, 0.6) is 0 Å². The molecule has 0 N–H and O–H groups in total. The van der Waals surface area contributed by atoms with E-state index in [0.29, 0.717) is 10.9 Å². The number of fused-ring (bicyclic) bond motifs is 1. The molecule has 4 heteroatoms. The molecule has 0 amide bonds. The Morgan fingerprint density at radius 1 is 1.20 bits per heavy atom. The molecular formula is C16H22ClIOSi. The summed E-state index contributed by atoms with van der Waals surface area (Å²) in [5.41, 5.74) is 2.16. The number of halogens is 2. The SMILES string of the molecule is CC(C)(C)[Si](C)(C)Cc1cc2cc(CCl)cc(I)c2o1. The molecule has 2 rings (SSSR count). The van der Waals surface area contributed by atoms with Crippen molar-refractivity contribution in [1.29, 1.82) is 0 Å². The summed E-state index contributed by atoms with van der Waals surface area (Å²) >= 11 is 8.28. The molecule has 0 unspecified atom stereocenters. The Kier molecular flexibility index (Phi) is 4.63. The zero-order chi connectivity index (χ0) is 15.1. The van der Waals surface area contributed by atoms with Gasteiger partial charge in [-0.3, -0.25) is 0 Å². The van der Waals surface area contributed by atoms with Crippen LogP contribution in [0, 0.1) is 3.57 Å². The molecule has 0 saturated heterocycles. The van der Waals surface area contributed by atoms with E-state index in [1.807, 2.05) is 0 Å². The van der Waals surface area contributed by atoms with Crippen LogP contribution in [0.15, 0.2) is 22.6 Å². The van der Waals surface area contributed by atoms with Gasteiger partial charge in [-0.1, -0.05) is 33.9 Å². The van der Waals surface area contributed by atoms with Crippen molar-refractivity contribution in [2.45, 2.75) is 50.8 Å². The Morgan fingerprint density at radius 2 is 1.85 bits per heavy atom. The van der Waals surface area contributed by atoms with Crippen molar-refractivity contribution in [3.63, 3.8) is 0 Å². The molecule has 1 heterocycles. The van der Waals surface area contributed by atoms with Gasteiger partial charge in [-0.05, 0) is 51.4 Å². The van der Waals surface area contributed by atoms with Crippen molar-refractivity contribution >= 4 is 53.2 Å². The molecule has 1 nitrogen and oxygen atoms in total. The summed E-state index contributed by atoms with van der Waals surface area (Å²) in [5.74, 6) is 1.67. The van der Waals surface area contributed by atoms with E-state index in [1.165, 1.54) is 5.39 Å². The highest BCUT2D eigenvalue weighted by Crippen LogP contribution is 2.39. The second-order valence-electron chi connectivity index (χ2n) is 7.15. The summed E-state index contributed by atoms with van der Waals surface area (Å²) in [5, 5.41) is 1.56. The fourth-order valence-electron chi connectivity index (χ4n) is 2.09. The van der Waals surface area contributed by atoms with Crippen molar-refractivity contribution in [2.24, 2.45) is 0 Å². The third-order valence-corrected chi connectivity index (χ3v) is 10.9.